The van der Waals surface area contributed by atoms with Crippen LogP contribution in [0.5, 0.6) is 5.75 Å². The summed E-state index contributed by atoms with van der Waals surface area (Å²) in [5, 5.41) is 8.66. The zero-order chi connectivity index (χ0) is 13.8. The number of methoxy groups -OCH3 is 1. The first-order valence-corrected chi connectivity index (χ1v) is 5.55. The Kier molecular flexibility index (Phi) is 3.61. The Morgan fingerprint density at radius 1 is 1.42 bits per heavy atom. The number of ether oxygens (including phenoxy) is 1. The number of carboxylic acid groups (broad SMARTS) is 1. The fraction of sp³-hybridized carbons (Fsp3) is 0.154. The molecule has 0 amide bonds. The fourth-order valence-corrected chi connectivity index (χ4v) is 1.69. The molecule has 0 aliphatic heterocycles. The monoisotopic (exact) mass is 260 g/mol. The quantitative estimate of drug-likeness (QED) is 0.857. The Morgan fingerprint density at radius 3 is 2.79 bits per heavy atom. The van der Waals surface area contributed by atoms with Crippen LogP contribution in [-0.4, -0.2) is 28.2 Å². The Labute approximate surface area is 108 Å². The van der Waals surface area contributed by atoms with Gasteiger partial charge in [-0.15, -0.1) is 0 Å². The van der Waals surface area contributed by atoms with Crippen molar-refractivity contribution < 1.29 is 14.6 Å². The highest BCUT2D eigenvalue weighted by molar-refractivity contribution is 5.70. The molecule has 0 saturated carbocycles. The number of hydrogen-bond acceptors (Lipinski definition) is 4. The summed E-state index contributed by atoms with van der Waals surface area (Å²) < 4.78 is 5.18. The second-order valence-corrected chi connectivity index (χ2v) is 3.86. The van der Waals surface area contributed by atoms with E-state index in [1.165, 1.54) is 13.3 Å². The van der Waals surface area contributed by atoms with E-state index >= 15 is 0 Å². The van der Waals surface area contributed by atoms with Gasteiger partial charge in [0.05, 0.1) is 19.1 Å². The van der Waals surface area contributed by atoms with E-state index in [-0.39, 0.29) is 12.0 Å². The van der Waals surface area contributed by atoms with Crippen molar-refractivity contribution in [1.82, 2.24) is 9.97 Å². The molecule has 0 spiro atoms. The van der Waals surface area contributed by atoms with E-state index in [9.17, 15) is 9.59 Å². The van der Waals surface area contributed by atoms with E-state index in [4.69, 9.17) is 9.84 Å². The predicted molar refractivity (Wildman–Crippen MR) is 68.2 cm³/mol. The number of nitrogens with zero attached hydrogens (tertiary/aromatic N) is 1. The van der Waals surface area contributed by atoms with Crippen LogP contribution in [0.4, 0.5) is 0 Å². The van der Waals surface area contributed by atoms with Gasteiger partial charge in [-0.3, -0.25) is 9.59 Å². The van der Waals surface area contributed by atoms with Gasteiger partial charge in [0.2, 0.25) is 0 Å². The third kappa shape index (κ3) is 2.79. The van der Waals surface area contributed by atoms with E-state index in [0.29, 0.717) is 17.1 Å². The highest BCUT2D eigenvalue weighted by atomic mass is 16.5. The number of aromatic amines is 1. The molecule has 19 heavy (non-hydrogen) atoms. The SMILES string of the molecule is COc1ccccc1-c1ncc(CC(=O)O)c(=O)[nH]1. The fourth-order valence-electron chi connectivity index (χ4n) is 1.69. The molecule has 0 fully saturated rings. The molecule has 1 aromatic heterocycles. The molecule has 1 heterocycles. The van der Waals surface area contributed by atoms with Crippen molar-refractivity contribution in [3.05, 3.63) is 46.4 Å². The van der Waals surface area contributed by atoms with Crippen LogP contribution in [0.2, 0.25) is 0 Å². The predicted octanol–water partition coefficient (Wildman–Crippen LogP) is 1.07. The zero-order valence-electron chi connectivity index (χ0n) is 10.2. The van der Waals surface area contributed by atoms with Gasteiger partial charge >= 0.3 is 5.97 Å². The average molecular weight is 260 g/mol. The van der Waals surface area contributed by atoms with E-state index in [1.807, 2.05) is 0 Å². The van der Waals surface area contributed by atoms with Crippen LogP contribution in [0.1, 0.15) is 5.56 Å². The molecule has 6 heteroatoms. The topological polar surface area (TPSA) is 92.3 Å². The number of nitrogens with one attached hydrogen (secondary N) is 1. The van der Waals surface area contributed by atoms with Gasteiger partial charge in [0.25, 0.3) is 5.56 Å². The molecule has 2 N–H and O–H groups in total. The summed E-state index contributed by atoms with van der Waals surface area (Å²) in [6, 6.07) is 7.11. The minimum atomic E-state index is -1.07. The van der Waals surface area contributed by atoms with Gasteiger partial charge in [0.15, 0.2) is 0 Å². The second-order valence-electron chi connectivity index (χ2n) is 3.86. The lowest BCUT2D eigenvalue weighted by Crippen LogP contribution is -2.17. The lowest BCUT2D eigenvalue weighted by Gasteiger charge is -2.07. The number of para-hydroxylation sites is 1. The van der Waals surface area contributed by atoms with E-state index in [1.54, 1.807) is 24.3 Å². The molecule has 2 aromatic rings. The summed E-state index contributed by atoms with van der Waals surface area (Å²) in [6.07, 6.45) is 0.920. The molecule has 98 valence electrons. The highest BCUT2D eigenvalue weighted by Gasteiger charge is 2.10. The van der Waals surface area contributed by atoms with E-state index < -0.39 is 11.5 Å². The second kappa shape index (κ2) is 5.34. The Hall–Kier alpha value is -2.63. The molecule has 2 rings (SSSR count). The van der Waals surface area contributed by atoms with Gasteiger partial charge in [-0.25, -0.2) is 4.98 Å². The van der Waals surface area contributed by atoms with Gasteiger partial charge in [-0.05, 0) is 12.1 Å². The van der Waals surface area contributed by atoms with Gasteiger partial charge < -0.3 is 14.8 Å². The molecule has 1 aromatic carbocycles. The zero-order valence-corrected chi connectivity index (χ0v) is 10.2. The molecule has 0 bridgehead atoms. The lowest BCUT2D eigenvalue weighted by atomic mass is 10.1. The van der Waals surface area contributed by atoms with Crippen molar-refractivity contribution in [1.29, 1.82) is 0 Å². The Balaban J connectivity index is 2.45. The molecule has 0 unspecified atom stereocenters. The van der Waals surface area contributed by atoms with Crippen LogP contribution < -0.4 is 10.3 Å². The maximum absolute atomic E-state index is 11.7. The first-order chi connectivity index (χ1) is 9.11. The molecular formula is C13H12N2O4. The van der Waals surface area contributed by atoms with Crippen LogP contribution in [0, 0.1) is 0 Å². The van der Waals surface area contributed by atoms with Crippen molar-refractivity contribution in [2.24, 2.45) is 0 Å². The number of carboxylic acids is 1. The number of aromatic nitrogens is 2. The van der Waals surface area contributed by atoms with Gasteiger partial charge in [0.1, 0.15) is 11.6 Å². The number of carbonyl (C=O) groups is 1. The number of rotatable bonds is 4. The largest absolute Gasteiger partial charge is 0.496 e. The molecule has 6 nitrogen and oxygen atoms in total. The molecule has 0 aliphatic rings. The van der Waals surface area contributed by atoms with Crippen LogP contribution >= 0.6 is 0 Å². The standard InChI is InChI=1S/C13H12N2O4/c1-19-10-5-3-2-4-9(10)12-14-7-8(6-11(16)17)13(18)15-12/h2-5,7H,6H2,1H3,(H,16,17)(H,14,15,18). The minimum Gasteiger partial charge on any atom is -0.496 e. The molecule has 0 radical (unpaired) electrons. The van der Waals surface area contributed by atoms with Gasteiger partial charge in [0, 0.05) is 11.8 Å². The number of H-pyrrole nitrogens is 1. The van der Waals surface area contributed by atoms with Gasteiger partial charge in [-0.2, -0.15) is 0 Å². The van der Waals surface area contributed by atoms with Gasteiger partial charge in [-0.1, -0.05) is 12.1 Å². The maximum atomic E-state index is 11.7. The van der Waals surface area contributed by atoms with Crippen molar-refractivity contribution in [2.75, 3.05) is 7.11 Å². The van der Waals surface area contributed by atoms with Crippen molar-refractivity contribution in [2.45, 2.75) is 6.42 Å². The smallest absolute Gasteiger partial charge is 0.308 e. The van der Waals surface area contributed by atoms with E-state index in [2.05, 4.69) is 9.97 Å². The van der Waals surface area contributed by atoms with Crippen LogP contribution in [0.3, 0.4) is 0 Å². The average Bonchev–Trinajstić information content (AvgIpc) is 2.40. The third-order valence-corrected chi connectivity index (χ3v) is 2.58. The summed E-state index contributed by atoms with van der Waals surface area (Å²) >= 11 is 0. The normalized spacial score (nSPS) is 10.2. The summed E-state index contributed by atoms with van der Waals surface area (Å²) in [6.45, 7) is 0. The van der Waals surface area contributed by atoms with Crippen LogP contribution in [0.15, 0.2) is 35.3 Å². The Morgan fingerprint density at radius 2 is 2.16 bits per heavy atom. The lowest BCUT2D eigenvalue weighted by molar-refractivity contribution is -0.136. The van der Waals surface area contributed by atoms with Crippen molar-refractivity contribution >= 4 is 5.97 Å². The number of hydrogen-bond donors (Lipinski definition) is 2. The maximum Gasteiger partial charge on any atom is 0.308 e. The molecule has 0 saturated heterocycles. The molecule has 0 atom stereocenters. The summed E-state index contributed by atoms with van der Waals surface area (Å²) in [5.74, 6) is -0.148. The number of aliphatic carboxylic acids is 1. The summed E-state index contributed by atoms with van der Waals surface area (Å²) in [5.41, 5.74) is 0.299. The van der Waals surface area contributed by atoms with Crippen LogP contribution in [0.25, 0.3) is 11.4 Å². The van der Waals surface area contributed by atoms with Crippen LogP contribution in [-0.2, 0) is 11.2 Å². The first-order valence-electron chi connectivity index (χ1n) is 5.55. The minimum absolute atomic E-state index is 0.117. The molecule has 0 aliphatic carbocycles. The van der Waals surface area contributed by atoms with E-state index in [0.717, 1.165) is 0 Å². The number of benzene rings is 1. The highest BCUT2D eigenvalue weighted by Crippen LogP contribution is 2.25. The summed E-state index contributed by atoms with van der Waals surface area (Å²) in [7, 11) is 1.52. The third-order valence-electron chi connectivity index (χ3n) is 2.58. The molecular weight excluding hydrogens is 248 g/mol. The first kappa shape index (κ1) is 12.8. The van der Waals surface area contributed by atoms with Crippen molar-refractivity contribution in [3.63, 3.8) is 0 Å². The Bertz CT molecular complexity index is 664. The van der Waals surface area contributed by atoms with Crippen molar-refractivity contribution in [3.8, 4) is 17.1 Å². The summed E-state index contributed by atoms with van der Waals surface area (Å²) in [4.78, 5) is 29.0.